The van der Waals surface area contributed by atoms with Crippen molar-refractivity contribution in [1.82, 2.24) is 29.0 Å². The first kappa shape index (κ1) is 48.4. The minimum atomic E-state index is -3.76. The summed E-state index contributed by atoms with van der Waals surface area (Å²) < 4.78 is 53.4. The predicted octanol–water partition coefficient (Wildman–Crippen LogP) is -0.255. The number of hydrogen-bond donors (Lipinski definition) is 2. The van der Waals surface area contributed by atoms with Gasteiger partial charge in [-0.1, -0.05) is 37.5 Å². The first-order chi connectivity index (χ1) is 27.5. The minimum absolute atomic E-state index is 0. The zero-order valence-electron chi connectivity index (χ0n) is 32.0. The van der Waals surface area contributed by atoms with E-state index in [0.29, 0.717) is 22.5 Å². The Labute approximate surface area is 375 Å². The number of nitrogens with zero attached hydrogens (tertiary/aromatic N) is 10. The summed E-state index contributed by atoms with van der Waals surface area (Å²) in [6.45, 7) is 3.11. The Balaban J connectivity index is 0.000000310. The maximum Gasteiger partial charge on any atom is 3.00 e. The van der Waals surface area contributed by atoms with E-state index in [1.807, 2.05) is 12.1 Å². The van der Waals surface area contributed by atoms with Crippen LogP contribution >= 0.6 is 0 Å². The molecule has 0 saturated heterocycles. The van der Waals surface area contributed by atoms with Crippen molar-refractivity contribution in [3.05, 3.63) is 128 Å². The van der Waals surface area contributed by atoms with Crippen LogP contribution in [0.4, 0.5) is 22.7 Å². The second kappa shape index (κ2) is 20.3. The number of nitrogens with one attached hydrogen (secondary N) is 2. The fourth-order valence-corrected chi connectivity index (χ4v) is 6.41. The van der Waals surface area contributed by atoms with Crippen molar-refractivity contribution in [3.8, 4) is 35.0 Å². The summed E-state index contributed by atoms with van der Waals surface area (Å²) in [6, 6.07) is 23.3. The molecule has 0 fully saturated rings. The number of hydrogen-bond acceptors (Lipinski definition) is 14. The van der Waals surface area contributed by atoms with E-state index in [0.717, 1.165) is 21.5 Å². The molecule has 24 heteroatoms. The van der Waals surface area contributed by atoms with Crippen LogP contribution in [0.5, 0.6) is 11.5 Å². The predicted molar refractivity (Wildman–Crippen MR) is 202 cm³/mol. The van der Waals surface area contributed by atoms with E-state index in [9.17, 15) is 36.6 Å². The van der Waals surface area contributed by atoms with E-state index in [-0.39, 0.29) is 90.8 Å². The Morgan fingerprint density at radius 2 is 0.983 bits per heavy atom. The van der Waals surface area contributed by atoms with Gasteiger partial charge in [-0.3, -0.25) is 9.59 Å². The van der Waals surface area contributed by atoms with Crippen molar-refractivity contribution in [3.63, 3.8) is 0 Å². The van der Waals surface area contributed by atoms with Gasteiger partial charge in [0.1, 0.15) is 11.4 Å². The maximum absolute atomic E-state index is 12.6. The number of benzene rings is 4. The average Bonchev–Trinajstić information content (AvgIpc) is 3.68. The molecule has 2 heterocycles. The van der Waals surface area contributed by atoms with Gasteiger partial charge < -0.3 is 29.8 Å². The van der Waals surface area contributed by atoms with E-state index in [2.05, 4.69) is 40.1 Å². The van der Waals surface area contributed by atoms with Gasteiger partial charge in [-0.15, -0.1) is 21.6 Å². The molecule has 0 aliphatic carbocycles. The van der Waals surface area contributed by atoms with Gasteiger partial charge >= 0.3 is 46.9 Å². The summed E-state index contributed by atoms with van der Waals surface area (Å²) in [5, 5.41) is 65.7. The van der Waals surface area contributed by atoms with E-state index in [1.165, 1.54) is 50.5 Å². The fourth-order valence-electron chi connectivity index (χ4n) is 4.92. The van der Waals surface area contributed by atoms with Crippen LogP contribution in [0.3, 0.4) is 0 Å². The van der Waals surface area contributed by atoms with Crippen LogP contribution < -0.4 is 70.5 Å². The van der Waals surface area contributed by atoms with Crippen LogP contribution in [-0.4, -0.2) is 40.3 Å². The van der Waals surface area contributed by atoms with Gasteiger partial charge in [0, 0.05) is 11.4 Å². The van der Waals surface area contributed by atoms with Gasteiger partial charge in [0.2, 0.25) is 20.0 Å². The van der Waals surface area contributed by atoms with Gasteiger partial charge in [-0.2, -0.15) is 20.8 Å². The average molecular weight is 896 g/mol. The quantitative estimate of drug-likeness (QED) is 0.133. The number of aromatic nitrogens is 4. The van der Waals surface area contributed by atoms with Crippen LogP contribution in [0, 0.1) is 36.5 Å². The molecule has 299 valence electrons. The monoisotopic (exact) mass is 895 g/mol. The molecule has 0 bridgehead atoms. The zero-order chi connectivity index (χ0) is 42.4. The van der Waals surface area contributed by atoms with Gasteiger partial charge in [-0.05, 0) is 86.9 Å². The standard InChI is InChI=1S/2C18H16N6O4S.Cr.Na/c2*1-11-17(18(26)24(23-11)13-5-3-4-12(8-13)10-19)22-21-15-7-6-14(9-16(15)25)29(27,28)20-2;;/h2*3-9,20H,1-2H3,(H2,21,22,23,25,26);;/q;;+3;+1/p-4. The number of azo groups is 2. The summed E-state index contributed by atoms with van der Waals surface area (Å²) in [4.78, 5) is 24.8. The van der Waals surface area contributed by atoms with Crippen LogP contribution in [0.15, 0.2) is 125 Å². The third kappa shape index (κ3) is 10.8. The molecular weight excluding hydrogens is 868 g/mol. The summed E-state index contributed by atoms with van der Waals surface area (Å²) in [5.41, 5.74) is 0.553. The maximum atomic E-state index is 12.6. The Morgan fingerprint density at radius 1 is 0.617 bits per heavy atom. The molecule has 6 aromatic rings. The fraction of sp³-hybridized carbons (Fsp3) is 0.111. The van der Waals surface area contributed by atoms with E-state index in [4.69, 9.17) is 10.5 Å². The second-order valence-corrected chi connectivity index (χ2v) is 15.5. The van der Waals surface area contributed by atoms with Crippen LogP contribution in [-0.2, 0) is 37.4 Å². The molecule has 1 radical (unpaired) electrons. The van der Waals surface area contributed by atoms with Gasteiger partial charge in [0.25, 0.3) is 11.1 Å². The summed E-state index contributed by atoms with van der Waals surface area (Å²) in [6.07, 6.45) is 0. The largest absolute Gasteiger partial charge is 3.00 e. The molecule has 60 heavy (non-hydrogen) atoms. The van der Waals surface area contributed by atoms with Gasteiger partial charge in [0.15, 0.2) is 0 Å². The van der Waals surface area contributed by atoms with Crippen LogP contribution in [0.2, 0.25) is 0 Å². The Bertz CT molecular complexity index is 2850. The van der Waals surface area contributed by atoms with Crippen LogP contribution in [0.1, 0.15) is 22.5 Å². The molecule has 0 amide bonds. The van der Waals surface area contributed by atoms with Crippen molar-refractivity contribution in [2.45, 2.75) is 23.6 Å². The van der Waals surface area contributed by atoms with E-state index >= 15 is 0 Å². The Kier molecular flexibility index (Phi) is 16.4. The summed E-state index contributed by atoms with van der Waals surface area (Å²) in [7, 11) is -5.06. The molecule has 2 aromatic heterocycles. The first-order valence-corrected chi connectivity index (χ1v) is 19.4. The second-order valence-electron chi connectivity index (χ2n) is 11.7. The van der Waals surface area contributed by atoms with Gasteiger partial charge in [0.05, 0.1) is 44.4 Å². The Morgan fingerprint density at radius 3 is 1.30 bits per heavy atom. The number of sulfonamides is 2. The molecule has 0 saturated carbocycles. The van der Waals surface area contributed by atoms with Crippen molar-refractivity contribution in [1.29, 1.82) is 10.5 Å². The van der Waals surface area contributed by atoms with Crippen molar-refractivity contribution in [2.75, 3.05) is 14.1 Å². The molecule has 0 atom stereocenters. The third-order valence-electron chi connectivity index (χ3n) is 7.95. The topological polar surface area (TPSA) is 308 Å². The van der Waals surface area contributed by atoms with Gasteiger partial charge in [-0.25, -0.2) is 26.3 Å². The first-order valence-electron chi connectivity index (χ1n) is 16.4. The number of nitriles is 2. The van der Waals surface area contributed by atoms with Crippen molar-refractivity contribution >= 4 is 42.8 Å². The molecule has 6 rings (SSSR count). The zero-order valence-corrected chi connectivity index (χ0v) is 37.0. The number of rotatable bonds is 10. The molecule has 4 aromatic carbocycles. The SMILES string of the molecule is CNS(=O)(=O)c1ccc(N=Nc2c(C)[n-]n(-c3cccc(C#N)c3)c2=O)c([O-])c1.CNS(=O)(=O)c1ccc(N=Nc2c(C)[n-]n(-c3cccc(C#N)c3)c2=O)c([O-])c1.[Cr+3].[Na+]. The molecule has 0 spiro atoms. The van der Waals surface area contributed by atoms with Crippen molar-refractivity contribution < 1.29 is 74.0 Å². The molecule has 0 aliphatic rings. The molecule has 20 nitrogen and oxygen atoms in total. The van der Waals surface area contributed by atoms with E-state index in [1.54, 1.807) is 50.2 Å². The molecule has 0 aliphatic heterocycles. The minimum Gasteiger partial charge on any atom is -0.871 e. The third-order valence-corrected chi connectivity index (χ3v) is 10.8. The van der Waals surface area contributed by atoms with Crippen molar-refractivity contribution in [2.24, 2.45) is 20.5 Å². The normalized spacial score (nSPS) is 11.2. The van der Waals surface area contributed by atoms with Crippen LogP contribution in [0.25, 0.3) is 11.4 Å². The Hall–Kier alpha value is -5.97. The molecular formula is C36H28CrN12NaO8S2. The van der Waals surface area contributed by atoms with E-state index < -0.39 is 42.7 Å². The smallest absolute Gasteiger partial charge is 0.871 e. The molecule has 0 unspecified atom stereocenters. The summed E-state index contributed by atoms with van der Waals surface area (Å²) in [5.74, 6) is -1.33. The summed E-state index contributed by atoms with van der Waals surface area (Å²) >= 11 is 0. The molecule has 2 N–H and O–H groups in total. The number of aryl methyl sites for hydroxylation is 2.